The monoisotopic (exact) mass is 389 g/mol. The van der Waals surface area contributed by atoms with Crippen molar-refractivity contribution in [3.63, 3.8) is 0 Å². The number of benzene rings is 2. The van der Waals surface area contributed by atoms with E-state index in [1.807, 2.05) is 31.2 Å². The van der Waals surface area contributed by atoms with Crippen molar-refractivity contribution < 1.29 is 9.53 Å². The van der Waals surface area contributed by atoms with Gasteiger partial charge in [-0.25, -0.2) is 4.68 Å². The van der Waals surface area contributed by atoms with Crippen molar-refractivity contribution in [3.05, 3.63) is 75.9 Å². The maximum Gasteiger partial charge on any atom is 0.263 e. The van der Waals surface area contributed by atoms with Crippen LogP contribution in [0.3, 0.4) is 0 Å². The van der Waals surface area contributed by atoms with Crippen LogP contribution in [0.15, 0.2) is 54.7 Å². The minimum absolute atomic E-state index is 0.0958. The molecule has 1 aromatic heterocycles. The first-order valence-electron chi connectivity index (χ1n) is 7.97. The van der Waals surface area contributed by atoms with Crippen molar-refractivity contribution >= 4 is 34.9 Å². The van der Waals surface area contributed by atoms with Gasteiger partial charge in [-0.05, 0) is 36.8 Å². The Kier molecular flexibility index (Phi) is 5.81. The van der Waals surface area contributed by atoms with Crippen LogP contribution in [-0.4, -0.2) is 22.3 Å². The number of aromatic nitrogens is 2. The van der Waals surface area contributed by atoms with Gasteiger partial charge in [-0.1, -0.05) is 41.4 Å². The van der Waals surface area contributed by atoms with Gasteiger partial charge in [0.1, 0.15) is 11.6 Å². The summed E-state index contributed by atoms with van der Waals surface area (Å²) in [4.78, 5) is 12.2. The fourth-order valence-electron chi connectivity index (χ4n) is 2.43. The molecule has 7 heteroatoms. The summed E-state index contributed by atoms with van der Waals surface area (Å²) in [7, 11) is 0. The highest BCUT2D eigenvalue weighted by molar-refractivity contribution is 6.35. The summed E-state index contributed by atoms with van der Waals surface area (Å²) in [6, 6.07) is 14.5. The Hall–Kier alpha value is -2.50. The smallest absolute Gasteiger partial charge is 0.263 e. The van der Waals surface area contributed by atoms with Gasteiger partial charge in [0.15, 0.2) is 6.61 Å². The van der Waals surface area contributed by atoms with E-state index in [0.717, 1.165) is 11.1 Å². The van der Waals surface area contributed by atoms with E-state index in [9.17, 15) is 4.79 Å². The highest BCUT2D eigenvalue weighted by Crippen LogP contribution is 2.26. The molecule has 0 atom stereocenters. The minimum Gasteiger partial charge on any atom is -0.484 e. The van der Waals surface area contributed by atoms with Crippen LogP contribution < -0.4 is 10.1 Å². The Balaban J connectivity index is 1.64. The van der Waals surface area contributed by atoms with Crippen molar-refractivity contribution in [3.8, 4) is 5.75 Å². The van der Waals surface area contributed by atoms with E-state index in [0.29, 0.717) is 28.2 Å². The zero-order valence-corrected chi connectivity index (χ0v) is 15.6. The van der Waals surface area contributed by atoms with Gasteiger partial charge < -0.3 is 10.1 Å². The lowest BCUT2D eigenvalue weighted by atomic mass is 10.2. The molecule has 5 nitrogen and oxygen atoms in total. The molecule has 0 saturated heterocycles. The van der Waals surface area contributed by atoms with Crippen molar-refractivity contribution in [1.82, 2.24) is 9.78 Å². The van der Waals surface area contributed by atoms with Gasteiger partial charge in [-0.2, -0.15) is 5.10 Å². The highest BCUT2D eigenvalue weighted by Gasteiger charge is 2.12. The predicted molar refractivity (Wildman–Crippen MR) is 103 cm³/mol. The number of carbonyl (C=O) groups excluding carboxylic acids is 1. The molecule has 0 radical (unpaired) electrons. The molecule has 0 aliphatic rings. The van der Waals surface area contributed by atoms with Crippen molar-refractivity contribution in [2.45, 2.75) is 13.5 Å². The summed E-state index contributed by atoms with van der Waals surface area (Å²) >= 11 is 12.4. The van der Waals surface area contributed by atoms with Crippen molar-refractivity contribution in [2.24, 2.45) is 0 Å². The number of hydrogen-bond acceptors (Lipinski definition) is 3. The summed E-state index contributed by atoms with van der Waals surface area (Å²) < 4.78 is 7.13. The Bertz CT molecular complexity index is 904. The molecule has 26 heavy (non-hydrogen) atoms. The quantitative estimate of drug-likeness (QED) is 0.671. The number of amides is 1. The molecule has 3 aromatic rings. The van der Waals surface area contributed by atoms with Crippen molar-refractivity contribution in [2.75, 3.05) is 11.9 Å². The Morgan fingerprint density at radius 3 is 2.62 bits per heavy atom. The second kappa shape index (κ2) is 8.25. The molecular formula is C19H17Cl2N3O2. The second-order valence-electron chi connectivity index (χ2n) is 5.73. The largest absolute Gasteiger partial charge is 0.484 e. The molecule has 3 rings (SSSR count). The van der Waals surface area contributed by atoms with Crippen LogP contribution in [0.4, 0.5) is 5.82 Å². The lowest BCUT2D eigenvalue weighted by Crippen LogP contribution is -2.22. The first kappa shape index (κ1) is 18.3. The first-order valence-corrected chi connectivity index (χ1v) is 8.72. The van der Waals surface area contributed by atoms with Crippen LogP contribution >= 0.6 is 23.2 Å². The molecule has 0 spiro atoms. The van der Waals surface area contributed by atoms with Crippen LogP contribution in [0.25, 0.3) is 0 Å². The number of carbonyl (C=O) groups is 1. The molecule has 0 bridgehead atoms. The van der Waals surface area contributed by atoms with Gasteiger partial charge in [0.05, 0.1) is 12.7 Å². The third kappa shape index (κ3) is 4.56. The molecule has 0 fully saturated rings. The topological polar surface area (TPSA) is 56.1 Å². The number of halogens is 2. The van der Waals surface area contributed by atoms with Gasteiger partial charge in [0.2, 0.25) is 0 Å². The summed E-state index contributed by atoms with van der Waals surface area (Å²) in [6.07, 6.45) is 1.60. The normalized spacial score (nSPS) is 10.6. The molecule has 0 saturated carbocycles. The van der Waals surface area contributed by atoms with Gasteiger partial charge >= 0.3 is 0 Å². The van der Waals surface area contributed by atoms with Crippen LogP contribution in [-0.2, 0) is 11.3 Å². The van der Waals surface area contributed by atoms with Crippen LogP contribution in [0.5, 0.6) is 5.75 Å². The zero-order valence-electron chi connectivity index (χ0n) is 14.1. The summed E-state index contributed by atoms with van der Waals surface area (Å²) in [6.45, 7) is 2.21. The average molecular weight is 390 g/mol. The number of hydrogen-bond donors (Lipinski definition) is 1. The van der Waals surface area contributed by atoms with Gasteiger partial charge in [-0.3, -0.25) is 4.79 Å². The SMILES string of the molecule is Cc1cccc(OCC(=O)Nc2ccnn2Cc2c(Cl)cccc2Cl)c1. The predicted octanol–water partition coefficient (Wildman–Crippen LogP) is 4.56. The van der Waals surface area contributed by atoms with Crippen LogP contribution in [0.2, 0.25) is 10.0 Å². The fourth-order valence-corrected chi connectivity index (χ4v) is 2.95. The first-order chi connectivity index (χ1) is 12.5. The Morgan fingerprint density at radius 1 is 1.15 bits per heavy atom. The minimum atomic E-state index is -0.279. The standard InChI is InChI=1S/C19H17Cl2N3O2/c1-13-4-2-5-14(10-13)26-12-19(25)23-18-8-9-22-24(18)11-15-16(20)6-3-7-17(15)21/h2-10H,11-12H2,1H3,(H,23,25). The summed E-state index contributed by atoms with van der Waals surface area (Å²) in [5.41, 5.74) is 1.81. The molecule has 1 amide bonds. The highest BCUT2D eigenvalue weighted by atomic mass is 35.5. The maximum absolute atomic E-state index is 12.2. The Labute approximate surface area is 161 Å². The van der Waals surface area contributed by atoms with E-state index in [4.69, 9.17) is 27.9 Å². The average Bonchev–Trinajstić information content (AvgIpc) is 3.03. The fraction of sp³-hybridized carbons (Fsp3) is 0.158. The number of nitrogens with zero attached hydrogens (tertiary/aromatic N) is 2. The lowest BCUT2D eigenvalue weighted by Gasteiger charge is -2.12. The lowest BCUT2D eigenvalue weighted by molar-refractivity contribution is -0.118. The van der Waals surface area contributed by atoms with Gasteiger partial charge in [0.25, 0.3) is 5.91 Å². The van der Waals surface area contributed by atoms with E-state index in [2.05, 4.69) is 10.4 Å². The van der Waals surface area contributed by atoms with Gasteiger partial charge in [-0.15, -0.1) is 0 Å². The van der Waals surface area contributed by atoms with Crippen molar-refractivity contribution in [1.29, 1.82) is 0 Å². The molecule has 0 unspecified atom stereocenters. The number of nitrogens with one attached hydrogen (secondary N) is 1. The molecule has 2 aromatic carbocycles. The molecule has 1 N–H and O–H groups in total. The maximum atomic E-state index is 12.2. The summed E-state index contributed by atoms with van der Waals surface area (Å²) in [5, 5.41) is 8.10. The van der Waals surface area contributed by atoms with E-state index in [1.165, 1.54) is 0 Å². The third-order valence-corrected chi connectivity index (χ3v) is 4.42. The van der Waals surface area contributed by atoms with Crippen LogP contribution in [0.1, 0.15) is 11.1 Å². The third-order valence-electron chi connectivity index (χ3n) is 3.71. The number of ether oxygens (including phenoxy) is 1. The molecule has 0 aliphatic heterocycles. The zero-order chi connectivity index (χ0) is 18.5. The molecule has 134 valence electrons. The van der Waals surface area contributed by atoms with E-state index in [-0.39, 0.29) is 12.5 Å². The molecule has 1 heterocycles. The van der Waals surface area contributed by atoms with Crippen LogP contribution in [0, 0.1) is 6.92 Å². The molecule has 0 aliphatic carbocycles. The summed E-state index contributed by atoms with van der Waals surface area (Å²) in [5.74, 6) is 0.911. The number of anilines is 1. The Morgan fingerprint density at radius 2 is 1.88 bits per heavy atom. The van der Waals surface area contributed by atoms with E-state index < -0.39 is 0 Å². The van der Waals surface area contributed by atoms with E-state index >= 15 is 0 Å². The number of rotatable bonds is 6. The molecular weight excluding hydrogens is 373 g/mol. The number of aryl methyl sites for hydroxylation is 1. The van der Waals surface area contributed by atoms with Gasteiger partial charge in [0, 0.05) is 21.7 Å². The van der Waals surface area contributed by atoms with E-state index in [1.54, 1.807) is 35.1 Å². The second-order valence-corrected chi connectivity index (χ2v) is 6.54.